The van der Waals surface area contributed by atoms with Crippen LogP contribution in [0.4, 0.5) is 0 Å². The van der Waals surface area contributed by atoms with Crippen LogP contribution < -0.4 is 5.32 Å². The smallest absolute Gasteiger partial charge is 0.0591 e. The average molecular weight is 282 g/mol. The first kappa shape index (κ1) is 16.3. The fraction of sp³-hybridized carbons (Fsp3) is 1.00. The van der Waals surface area contributed by atoms with E-state index in [1.807, 2.05) is 0 Å². The molecule has 0 amide bonds. The van der Waals surface area contributed by atoms with E-state index >= 15 is 0 Å². The van der Waals surface area contributed by atoms with Crippen LogP contribution in [0.15, 0.2) is 0 Å². The number of hydrogen-bond acceptors (Lipinski definition) is 3. The molecule has 0 aromatic rings. The maximum Gasteiger partial charge on any atom is 0.0591 e. The molecule has 1 aliphatic heterocycles. The quantitative estimate of drug-likeness (QED) is 0.693. The normalized spacial score (nSPS) is 30.9. The monoisotopic (exact) mass is 282 g/mol. The van der Waals surface area contributed by atoms with Gasteiger partial charge in [0.2, 0.25) is 0 Å². The molecule has 2 bridgehead atoms. The second kappa shape index (κ2) is 8.35. The molecule has 3 heteroatoms. The van der Waals surface area contributed by atoms with Crippen LogP contribution in [0.2, 0.25) is 0 Å². The van der Waals surface area contributed by atoms with Crippen molar-refractivity contribution in [3.8, 4) is 0 Å². The fourth-order valence-corrected chi connectivity index (χ4v) is 3.87. The van der Waals surface area contributed by atoms with Gasteiger partial charge in [-0.25, -0.2) is 0 Å². The highest BCUT2D eigenvalue weighted by Crippen LogP contribution is 2.35. The zero-order chi connectivity index (χ0) is 14.4. The minimum Gasteiger partial charge on any atom is -0.380 e. The van der Waals surface area contributed by atoms with Crippen LogP contribution in [-0.2, 0) is 4.74 Å². The summed E-state index contributed by atoms with van der Waals surface area (Å²) in [6.45, 7) is 12.3. The summed E-state index contributed by atoms with van der Waals surface area (Å²) >= 11 is 0. The van der Waals surface area contributed by atoms with E-state index in [1.165, 1.54) is 45.2 Å². The van der Waals surface area contributed by atoms with Gasteiger partial charge in [0.1, 0.15) is 0 Å². The Morgan fingerprint density at radius 2 is 1.85 bits per heavy atom. The first-order chi connectivity index (χ1) is 9.72. The molecule has 2 atom stereocenters. The van der Waals surface area contributed by atoms with E-state index in [2.05, 4.69) is 31.0 Å². The molecule has 0 radical (unpaired) electrons. The van der Waals surface area contributed by atoms with Crippen LogP contribution in [0.3, 0.4) is 0 Å². The molecule has 0 spiro atoms. The number of nitrogens with zero attached hydrogens (tertiary/aromatic N) is 1. The molecule has 1 aliphatic carbocycles. The van der Waals surface area contributed by atoms with Crippen molar-refractivity contribution in [3.63, 3.8) is 0 Å². The van der Waals surface area contributed by atoms with E-state index < -0.39 is 0 Å². The van der Waals surface area contributed by atoms with Gasteiger partial charge in [-0.15, -0.1) is 0 Å². The van der Waals surface area contributed by atoms with Crippen molar-refractivity contribution >= 4 is 0 Å². The van der Waals surface area contributed by atoms with Crippen molar-refractivity contribution in [2.45, 2.75) is 65.0 Å². The number of unbranched alkanes of at least 4 members (excludes halogenated alkanes) is 1. The van der Waals surface area contributed by atoms with Crippen molar-refractivity contribution in [3.05, 3.63) is 0 Å². The van der Waals surface area contributed by atoms with E-state index in [9.17, 15) is 0 Å². The third kappa shape index (κ3) is 4.44. The highest BCUT2D eigenvalue weighted by molar-refractivity contribution is 4.95. The van der Waals surface area contributed by atoms with Crippen molar-refractivity contribution in [1.82, 2.24) is 10.2 Å². The van der Waals surface area contributed by atoms with Gasteiger partial charge in [-0.05, 0) is 44.9 Å². The highest BCUT2D eigenvalue weighted by atomic mass is 16.5. The maximum absolute atomic E-state index is 5.67. The lowest BCUT2D eigenvalue weighted by Gasteiger charge is -2.49. The summed E-state index contributed by atoms with van der Waals surface area (Å²) in [5.74, 6) is 1.72. The standard InChI is InChI=1S/C17H34N2O/c1-4-5-10-20-11-9-18-17-15-7-6-8-16(17)13-19(12-15)14(2)3/h14-18H,4-13H2,1-3H3. The first-order valence-corrected chi connectivity index (χ1v) is 8.77. The Hall–Kier alpha value is -0.120. The SMILES string of the molecule is CCCCOCCNC1C2CCCC1CN(C(C)C)C2. The molecule has 2 rings (SSSR count). The van der Waals surface area contributed by atoms with Gasteiger partial charge in [-0.3, -0.25) is 0 Å². The maximum atomic E-state index is 5.67. The summed E-state index contributed by atoms with van der Waals surface area (Å²) in [6, 6.07) is 1.45. The number of hydrogen-bond donors (Lipinski definition) is 1. The van der Waals surface area contributed by atoms with Crippen LogP contribution in [0.1, 0.15) is 52.9 Å². The molecule has 20 heavy (non-hydrogen) atoms. The third-order valence-electron chi connectivity index (χ3n) is 5.10. The highest BCUT2D eigenvalue weighted by Gasteiger charge is 2.39. The summed E-state index contributed by atoms with van der Waals surface area (Å²) in [4.78, 5) is 2.68. The largest absolute Gasteiger partial charge is 0.380 e. The van der Waals surface area contributed by atoms with Gasteiger partial charge in [0.05, 0.1) is 6.61 Å². The molecule has 2 aliphatic rings. The molecule has 1 saturated heterocycles. The van der Waals surface area contributed by atoms with Crippen LogP contribution in [0.5, 0.6) is 0 Å². The summed E-state index contributed by atoms with van der Waals surface area (Å²) in [5.41, 5.74) is 0. The van der Waals surface area contributed by atoms with Gasteiger partial charge in [0.25, 0.3) is 0 Å². The van der Waals surface area contributed by atoms with E-state index in [4.69, 9.17) is 4.74 Å². The second-order valence-electron chi connectivity index (χ2n) is 6.94. The Kier molecular flexibility index (Phi) is 6.79. The van der Waals surface area contributed by atoms with Crippen molar-refractivity contribution in [2.24, 2.45) is 11.8 Å². The zero-order valence-electron chi connectivity index (χ0n) is 13.7. The van der Waals surface area contributed by atoms with Crippen LogP contribution >= 0.6 is 0 Å². The molecule has 2 fully saturated rings. The topological polar surface area (TPSA) is 24.5 Å². The van der Waals surface area contributed by atoms with Crippen LogP contribution in [-0.4, -0.2) is 49.8 Å². The Bertz CT molecular complexity index is 256. The van der Waals surface area contributed by atoms with E-state index in [1.54, 1.807) is 0 Å². The molecule has 1 saturated carbocycles. The summed E-state index contributed by atoms with van der Waals surface area (Å²) < 4.78 is 5.67. The number of fused-ring (bicyclic) bond motifs is 2. The zero-order valence-corrected chi connectivity index (χ0v) is 13.7. The molecule has 1 N–H and O–H groups in total. The number of ether oxygens (including phenoxy) is 1. The van der Waals surface area contributed by atoms with E-state index in [0.717, 1.165) is 37.6 Å². The first-order valence-electron chi connectivity index (χ1n) is 8.77. The summed E-state index contributed by atoms with van der Waals surface area (Å²) in [6.07, 6.45) is 6.68. The molecule has 2 unspecified atom stereocenters. The minimum atomic E-state index is 0.705. The molecule has 3 nitrogen and oxygen atoms in total. The average Bonchev–Trinajstić information content (AvgIpc) is 2.41. The Morgan fingerprint density at radius 1 is 1.15 bits per heavy atom. The molecule has 0 aromatic heterocycles. The van der Waals surface area contributed by atoms with E-state index in [-0.39, 0.29) is 0 Å². The number of likely N-dealkylation sites (tertiary alicyclic amines) is 1. The lowest BCUT2D eigenvalue weighted by atomic mass is 9.73. The Balaban J connectivity index is 1.72. The van der Waals surface area contributed by atoms with Gasteiger partial charge in [-0.2, -0.15) is 0 Å². The fourth-order valence-electron chi connectivity index (χ4n) is 3.87. The Morgan fingerprint density at radius 3 is 2.45 bits per heavy atom. The van der Waals surface area contributed by atoms with Gasteiger partial charge in [-0.1, -0.05) is 19.8 Å². The van der Waals surface area contributed by atoms with Crippen LogP contribution in [0, 0.1) is 11.8 Å². The Labute approximate surface area is 125 Å². The summed E-state index contributed by atoms with van der Waals surface area (Å²) in [5, 5.41) is 3.81. The molecule has 1 heterocycles. The summed E-state index contributed by atoms with van der Waals surface area (Å²) in [7, 11) is 0. The van der Waals surface area contributed by atoms with Crippen molar-refractivity contribution in [1.29, 1.82) is 0 Å². The minimum absolute atomic E-state index is 0.705. The molecule has 118 valence electrons. The van der Waals surface area contributed by atoms with Crippen molar-refractivity contribution in [2.75, 3.05) is 32.8 Å². The number of rotatable bonds is 8. The number of piperidine rings is 1. The lowest BCUT2D eigenvalue weighted by Crippen LogP contribution is -2.58. The van der Waals surface area contributed by atoms with Gasteiger partial charge < -0.3 is 15.0 Å². The van der Waals surface area contributed by atoms with Gasteiger partial charge in [0, 0.05) is 38.3 Å². The molecular formula is C17H34N2O. The predicted molar refractivity (Wildman–Crippen MR) is 85.1 cm³/mol. The molecule has 0 aromatic carbocycles. The van der Waals surface area contributed by atoms with Gasteiger partial charge in [0.15, 0.2) is 0 Å². The lowest BCUT2D eigenvalue weighted by molar-refractivity contribution is 0.0255. The van der Waals surface area contributed by atoms with Crippen molar-refractivity contribution < 1.29 is 4.74 Å². The van der Waals surface area contributed by atoms with E-state index in [0.29, 0.717) is 6.04 Å². The predicted octanol–water partition coefficient (Wildman–Crippen LogP) is 2.90. The van der Waals surface area contributed by atoms with Crippen LogP contribution in [0.25, 0.3) is 0 Å². The second-order valence-corrected chi connectivity index (χ2v) is 6.94. The third-order valence-corrected chi connectivity index (χ3v) is 5.10. The van der Waals surface area contributed by atoms with Gasteiger partial charge >= 0.3 is 0 Å². The number of nitrogens with one attached hydrogen (secondary N) is 1. The molecular weight excluding hydrogens is 248 g/mol.